The molecular formula is C19H57N5O5S. The lowest BCUT2D eigenvalue weighted by atomic mass is 10.1. The molecule has 0 spiro atoms. The molecule has 0 aliphatic rings. The van der Waals surface area contributed by atoms with E-state index in [-0.39, 0.29) is 44.4 Å². The molecule has 0 bridgehead atoms. The third-order valence-electron chi connectivity index (χ3n) is 2.82. The number of carboxylic acids is 1. The van der Waals surface area contributed by atoms with Crippen LogP contribution in [0.15, 0.2) is 0 Å². The van der Waals surface area contributed by atoms with E-state index >= 15 is 0 Å². The fourth-order valence-corrected chi connectivity index (χ4v) is 2.19. The Hall–Kier alpha value is -0.500. The largest absolute Gasteiger partial charge is 0.855 e. The number of hydrogen-bond acceptors (Lipinski definition) is 7. The number of thioether (sulfide) groups is 1. The molecule has 30 heavy (non-hydrogen) atoms. The highest BCUT2D eigenvalue weighted by Gasteiger charge is 2.07. The molecule has 0 aliphatic heterocycles. The molecule has 17 N–H and O–H groups in total. The molecule has 0 aromatic carbocycles. The highest BCUT2D eigenvalue weighted by Crippen LogP contribution is 2.05. The zero-order chi connectivity index (χ0) is 21.1. The Morgan fingerprint density at radius 2 is 1.17 bits per heavy atom. The van der Waals surface area contributed by atoms with E-state index in [0.717, 1.165) is 18.7 Å². The molecule has 0 aromatic heterocycles. The van der Waals surface area contributed by atoms with Crippen molar-refractivity contribution < 1.29 is 25.2 Å². The molecule has 0 saturated carbocycles. The number of aliphatic carboxylic acids is 1. The Bertz CT molecular complexity index is 243. The Morgan fingerprint density at radius 3 is 1.50 bits per heavy atom. The number of carbonyl (C=O) groups is 1. The molecule has 0 radical (unpaired) electrons. The molecule has 10 nitrogen and oxygen atoms in total. The molecule has 0 aliphatic carbocycles. The minimum absolute atomic E-state index is 0. The first-order chi connectivity index (χ1) is 12.5. The lowest BCUT2D eigenvalue weighted by Crippen LogP contribution is -2.46. The van der Waals surface area contributed by atoms with Crippen LogP contribution in [0.1, 0.15) is 72.6 Å². The van der Waals surface area contributed by atoms with Crippen molar-refractivity contribution in [1.29, 1.82) is 0 Å². The predicted molar refractivity (Wildman–Crippen MR) is 129 cm³/mol. The van der Waals surface area contributed by atoms with Gasteiger partial charge < -0.3 is 55.1 Å². The monoisotopic (exact) mass is 467 g/mol. The van der Waals surface area contributed by atoms with Crippen LogP contribution in [0, 0.1) is 0 Å². The van der Waals surface area contributed by atoms with E-state index in [4.69, 9.17) is 15.3 Å². The third kappa shape index (κ3) is 70.9. The van der Waals surface area contributed by atoms with Gasteiger partial charge in [0.2, 0.25) is 0 Å². The van der Waals surface area contributed by atoms with E-state index in [1.165, 1.54) is 32.1 Å². The van der Waals surface area contributed by atoms with Crippen LogP contribution in [0.5, 0.6) is 0 Å². The molecule has 0 heterocycles. The minimum atomic E-state index is -0.968. The summed E-state index contributed by atoms with van der Waals surface area (Å²) >= 11 is 1.67. The quantitative estimate of drug-likeness (QED) is 0.263. The first kappa shape index (κ1) is 51.8. The van der Waals surface area contributed by atoms with Crippen molar-refractivity contribution in [3.05, 3.63) is 0 Å². The van der Waals surface area contributed by atoms with Crippen LogP contribution in [0.25, 0.3) is 0 Å². The Morgan fingerprint density at radius 1 is 0.800 bits per heavy atom. The number of carbonyl (C=O) groups excluding carboxylic acids is 1. The number of unbranched alkanes of at least 4 members (excludes halogenated alkanes) is 5. The second-order valence-electron chi connectivity index (χ2n) is 5.24. The second kappa shape index (κ2) is 56.7. The van der Waals surface area contributed by atoms with Crippen molar-refractivity contribution in [2.75, 3.05) is 38.4 Å². The van der Waals surface area contributed by atoms with E-state index in [0.29, 0.717) is 6.42 Å². The summed E-state index contributed by atoms with van der Waals surface area (Å²) in [5.41, 5.74) is 0. The summed E-state index contributed by atoms with van der Waals surface area (Å²) in [5.74, 6) is -0.104. The van der Waals surface area contributed by atoms with E-state index in [9.17, 15) is 9.90 Å². The van der Waals surface area contributed by atoms with Crippen molar-refractivity contribution in [3.8, 4) is 0 Å². The van der Waals surface area contributed by atoms with Gasteiger partial charge in [0.25, 0.3) is 0 Å². The Balaban J connectivity index is -0.0000000533. The fraction of sp³-hybridized carbons (Fsp3) is 0.947. The number of carboxylic acid groups (broad SMARTS) is 1. The van der Waals surface area contributed by atoms with Crippen LogP contribution in [0.2, 0.25) is 0 Å². The van der Waals surface area contributed by atoms with Crippen molar-refractivity contribution in [1.82, 2.24) is 29.9 Å². The van der Waals surface area contributed by atoms with Crippen LogP contribution in [0.3, 0.4) is 0 Å². The van der Waals surface area contributed by atoms with E-state index < -0.39 is 12.0 Å². The van der Waals surface area contributed by atoms with Crippen LogP contribution < -0.4 is 50.3 Å². The summed E-state index contributed by atoms with van der Waals surface area (Å²) in [6.45, 7) is 7.71. The minimum Gasteiger partial charge on any atom is -0.855 e. The summed E-state index contributed by atoms with van der Waals surface area (Å²) in [7, 11) is 0. The first-order valence-electron chi connectivity index (χ1n) is 9.64. The first-order valence-corrected chi connectivity index (χ1v) is 11.0. The van der Waals surface area contributed by atoms with Gasteiger partial charge >= 0.3 is 0 Å². The maximum atomic E-state index is 10.8. The SMILES string of the molecule is CCCCCCCCNC(CCSC)C(=O)[O-].CC[O-].CC[O-].CC[O-].[NH4+].[NH4+].[NH4+].[NH4+]. The van der Waals surface area contributed by atoms with Gasteiger partial charge in [-0.2, -0.15) is 11.8 Å². The molecule has 194 valence electrons. The van der Waals surface area contributed by atoms with Gasteiger partial charge in [0, 0.05) is 6.04 Å². The van der Waals surface area contributed by atoms with Crippen molar-refractivity contribution in [2.45, 2.75) is 78.7 Å². The van der Waals surface area contributed by atoms with Crippen LogP contribution in [0.4, 0.5) is 0 Å². The molecule has 0 saturated heterocycles. The molecular weight excluding hydrogens is 410 g/mol. The van der Waals surface area contributed by atoms with Gasteiger partial charge in [0.05, 0.1) is 5.97 Å². The van der Waals surface area contributed by atoms with Crippen molar-refractivity contribution >= 4 is 17.7 Å². The lowest BCUT2D eigenvalue weighted by Gasteiger charge is -2.19. The summed E-state index contributed by atoms with van der Waals surface area (Å²) in [4.78, 5) is 10.8. The number of nitrogens with one attached hydrogen (secondary N) is 1. The van der Waals surface area contributed by atoms with Crippen LogP contribution in [-0.4, -0.2) is 50.4 Å². The normalized spacial score (nSPS) is 8.93. The number of rotatable bonds is 12. The predicted octanol–water partition coefficient (Wildman–Crippen LogP) is 1.41. The zero-order valence-corrected chi connectivity index (χ0v) is 22.3. The number of quaternary nitrogens is 4. The maximum absolute atomic E-state index is 10.8. The zero-order valence-electron chi connectivity index (χ0n) is 21.5. The van der Waals surface area contributed by atoms with Gasteiger partial charge in [-0.15, -0.1) is 19.8 Å². The lowest BCUT2D eigenvalue weighted by molar-refractivity contribution is -0.362. The van der Waals surface area contributed by atoms with Gasteiger partial charge in [0.15, 0.2) is 0 Å². The van der Waals surface area contributed by atoms with E-state index in [1.807, 2.05) is 6.26 Å². The topological polar surface area (TPSA) is 267 Å². The highest BCUT2D eigenvalue weighted by atomic mass is 32.2. The standard InChI is InChI=1S/C13H27NO2S.3C2H5O.4H3N/c1-3-4-5-6-7-8-10-14-12(13(15)16)9-11-17-2;3*1-2-3;;;;/h12,14H,3-11H2,1-2H3,(H,15,16);3*2H2,1H3;4*1H3/q;3*-1;;;;/p+3. The number of hydrogen-bond donors (Lipinski definition) is 5. The second-order valence-corrected chi connectivity index (χ2v) is 6.23. The smallest absolute Gasteiger partial charge is 0.0584 e. The molecule has 0 fully saturated rings. The average Bonchev–Trinajstić information content (AvgIpc) is 2.58. The molecule has 1 atom stereocenters. The Labute approximate surface area is 190 Å². The van der Waals surface area contributed by atoms with Crippen LogP contribution in [-0.2, 0) is 4.79 Å². The van der Waals surface area contributed by atoms with Gasteiger partial charge in [-0.05, 0) is 31.4 Å². The summed E-state index contributed by atoms with van der Waals surface area (Å²) < 4.78 is 0. The summed E-state index contributed by atoms with van der Waals surface area (Å²) in [5, 5.41) is 40.7. The van der Waals surface area contributed by atoms with Gasteiger partial charge in [-0.1, -0.05) is 59.8 Å². The molecule has 0 amide bonds. The molecule has 11 heteroatoms. The van der Waals surface area contributed by atoms with Gasteiger partial charge in [-0.3, -0.25) is 0 Å². The highest BCUT2D eigenvalue weighted by molar-refractivity contribution is 7.98. The summed E-state index contributed by atoms with van der Waals surface area (Å²) in [6.07, 6.45) is 10.0. The third-order valence-corrected chi connectivity index (χ3v) is 3.46. The van der Waals surface area contributed by atoms with E-state index in [2.05, 4.69) is 12.2 Å². The fourth-order valence-electron chi connectivity index (χ4n) is 1.72. The summed E-state index contributed by atoms with van der Waals surface area (Å²) in [6, 6.07) is -0.474. The Kier molecular flexibility index (Phi) is 97.9. The molecule has 0 aromatic rings. The van der Waals surface area contributed by atoms with Gasteiger partial charge in [0.1, 0.15) is 0 Å². The molecule has 1 unspecified atom stereocenters. The van der Waals surface area contributed by atoms with Gasteiger partial charge in [-0.25, -0.2) is 0 Å². The van der Waals surface area contributed by atoms with Crippen molar-refractivity contribution in [2.24, 2.45) is 0 Å². The van der Waals surface area contributed by atoms with E-state index in [1.54, 1.807) is 32.5 Å². The van der Waals surface area contributed by atoms with Crippen LogP contribution >= 0.6 is 11.8 Å². The van der Waals surface area contributed by atoms with Crippen molar-refractivity contribution in [3.63, 3.8) is 0 Å². The molecule has 0 rings (SSSR count). The maximum Gasteiger partial charge on any atom is 0.0584 e. The average molecular weight is 468 g/mol.